The van der Waals surface area contributed by atoms with Crippen molar-refractivity contribution in [2.75, 3.05) is 30.4 Å². The highest BCUT2D eigenvalue weighted by Crippen LogP contribution is 2.18. The maximum atomic E-state index is 12.2. The van der Waals surface area contributed by atoms with Crippen molar-refractivity contribution >= 4 is 17.7 Å². The Kier molecular flexibility index (Phi) is 6.05. The first-order chi connectivity index (χ1) is 13.0. The van der Waals surface area contributed by atoms with E-state index in [-0.39, 0.29) is 18.6 Å². The second-order valence-electron chi connectivity index (χ2n) is 6.69. The Hall–Kier alpha value is -2.90. The zero-order valence-corrected chi connectivity index (χ0v) is 16.1. The number of hydrogen-bond donors (Lipinski definition) is 2. The second-order valence-corrected chi connectivity index (χ2v) is 6.69. The Morgan fingerprint density at radius 3 is 2.59 bits per heavy atom. The topological polar surface area (TPSA) is 92.3 Å². The van der Waals surface area contributed by atoms with Crippen LogP contribution in [0.3, 0.4) is 0 Å². The van der Waals surface area contributed by atoms with Crippen LogP contribution in [-0.4, -0.2) is 41.2 Å². The first-order valence-corrected chi connectivity index (χ1v) is 9.21. The highest BCUT2D eigenvalue weighted by Gasteiger charge is 2.17. The SMILES string of the molecule is COc1nc(CNC(=O)Nc2ccc(C)c(C)c2)nc(N2CCCCC2)n1. The molecule has 8 nitrogen and oxygen atoms in total. The number of methoxy groups -OCH3 is 1. The summed E-state index contributed by atoms with van der Waals surface area (Å²) in [7, 11) is 1.53. The Labute approximate surface area is 159 Å². The Balaban J connectivity index is 1.63. The molecule has 144 valence electrons. The van der Waals surface area contributed by atoms with Gasteiger partial charge in [-0.1, -0.05) is 6.07 Å². The summed E-state index contributed by atoms with van der Waals surface area (Å²) in [6.45, 7) is 6.09. The number of amides is 2. The van der Waals surface area contributed by atoms with Crippen LogP contribution < -0.4 is 20.3 Å². The summed E-state index contributed by atoms with van der Waals surface area (Å²) in [5.74, 6) is 1.07. The van der Waals surface area contributed by atoms with Crippen LogP contribution in [0, 0.1) is 13.8 Å². The fraction of sp³-hybridized carbons (Fsp3) is 0.474. The van der Waals surface area contributed by atoms with Crippen molar-refractivity contribution in [3.05, 3.63) is 35.2 Å². The zero-order chi connectivity index (χ0) is 19.2. The molecule has 0 aliphatic carbocycles. The first kappa shape index (κ1) is 18.9. The maximum Gasteiger partial charge on any atom is 0.321 e. The number of aryl methyl sites for hydroxylation is 2. The number of aromatic nitrogens is 3. The molecule has 2 N–H and O–H groups in total. The van der Waals surface area contributed by atoms with E-state index in [4.69, 9.17) is 4.74 Å². The quantitative estimate of drug-likeness (QED) is 0.841. The van der Waals surface area contributed by atoms with Crippen LogP contribution in [0.4, 0.5) is 16.4 Å². The van der Waals surface area contributed by atoms with Gasteiger partial charge in [-0.15, -0.1) is 0 Å². The molecule has 1 aromatic carbocycles. The van der Waals surface area contributed by atoms with Gasteiger partial charge >= 0.3 is 12.0 Å². The number of anilines is 2. The molecule has 8 heteroatoms. The van der Waals surface area contributed by atoms with Crippen molar-refractivity contribution in [1.29, 1.82) is 0 Å². The molecule has 1 fully saturated rings. The van der Waals surface area contributed by atoms with E-state index >= 15 is 0 Å². The van der Waals surface area contributed by atoms with Crippen LogP contribution in [0.5, 0.6) is 6.01 Å². The summed E-state index contributed by atoms with van der Waals surface area (Å²) in [6, 6.07) is 5.75. The van der Waals surface area contributed by atoms with Gasteiger partial charge in [-0.25, -0.2) is 4.79 Å². The molecule has 1 aliphatic heterocycles. The summed E-state index contributed by atoms with van der Waals surface area (Å²) in [6.07, 6.45) is 3.48. The monoisotopic (exact) mass is 370 g/mol. The number of carbonyl (C=O) groups excluding carboxylic acids is 1. The molecule has 0 bridgehead atoms. The van der Waals surface area contributed by atoms with Gasteiger partial charge in [-0.05, 0) is 56.4 Å². The highest BCUT2D eigenvalue weighted by molar-refractivity contribution is 5.89. The van der Waals surface area contributed by atoms with Gasteiger partial charge in [0.2, 0.25) is 5.95 Å². The zero-order valence-electron chi connectivity index (χ0n) is 16.1. The summed E-state index contributed by atoms with van der Waals surface area (Å²) < 4.78 is 5.20. The van der Waals surface area contributed by atoms with E-state index in [9.17, 15) is 4.79 Å². The molecule has 0 atom stereocenters. The van der Waals surface area contributed by atoms with Gasteiger partial charge in [0.05, 0.1) is 13.7 Å². The lowest BCUT2D eigenvalue weighted by Gasteiger charge is -2.26. The predicted molar refractivity (Wildman–Crippen MR) is 104 cm³/mol. The van der Waals surface area contributed by atoms with Gasteiger partial charge in [0.1, 0.15) is 0 Å². The van der Waals surface area contributed by atoms with E-state index < -0.39 is 0 Å². The molecule has 2 heterocycles. The molecule has 2 aromatic rings. The molecule has 0 saturated carbocycles. The maximum absolute atomic E-state index is 12.2. The lowest BCUT2D eigenvalue weighted by atomic mass is 10.1. The number of ether oxygens (including phenoxy) is 1. The smallest absolute Gasteiger partial charge is 0.321 e. The van der Waals surface area contributed by atoms with Crippen molar-refractivity contribution in [1.82, 2.24) is 20.3 Å². The van der Waals surface area contributed by atoms with Crippen molar-refractivity contribution in [2.24, 2.45) is 0 Å². The normalized spacial score (nSPS) is 14.0. The minimum Gasteiger partial charge on any atom is -0.467 e. The summed E-state index contributed by atoms with van der Waals surface area (Å²) >= 11 is 0. The van der Waals surface area contributed by atoms with Gasteiger partial charge in [0.15, 0.2) is 5.82 Å². The number of piperidine rings is 1. The van der Waals surface area contributed by atoms with Gasteiger partial charge in [-0.3, -0.25) is 0 Å². The van der Waals surface area contributed by atoms with E-state index in [0.29, 0.717) is 11.8 Å². The third-order valence-electron chi connectivity index (χ3n) is 4.64. The number of rotatable bonds is 5. The van der Waals surface area contributed by atoms with Crippen LogP contribution in [-0.2, 0) is 6.54 Å². The Morgan fingerprint density at radius 1 is 1.11 bits per heavy atom. The molecule has 1 aliphatic rings. The Morgan fingerprint density at radius 2 is 1.89 bits per heavy atom. The number of benzene rings is 1. The molecule has 27 heavy (non-hydrogen) atoms. The average molecular weight is 370 g/mol. The summed E-state index contributed by atoms with van der Waals surface area (Å²) in [5.41, 5.74) is 3.06. The number of carbonyl (C=O) groups is 1. The van der Waals surface area contributed by atoms with Gasteiger partial charge < -0.3 is 20.3 Å². The lowest BCUT2D eigenvalue weighted by Crippen LogP contribution is -2.32. The number of hydrogen-bond acceptors (Lipinski definition) is 6. The van der Waals surface area contributed by atoms with Crippen molar-refractivity contribution in [3.8, 4) is 6.01 Å². The van der Waals surface area contributed by atoms with Gasteiger partial charge in [0, 0.05) is 18.8 Å². The first-order valence-electron chi connectivity index (χ1n) is 9.21. The van der Waals surface area contributed by atoms with Crippen LogP contribution in [0.15, 0.2) is 18.2 Å². The number of nitrogens with zero attached hydrogens (tertiary/aromatic N) is 4. The van der Waals surface area contributed by atoms with Crippen molar-refractivity contribution < 1.29 is 9.53 Å². The minimum absolute atomic E-state index is 0.191. The molecule has 0 unspecified atom stereocenters. The van der Waals surface area contributed by atoms with Crippen LogP contribution in [0.2, 0.25) is 0 Å². The molecule has 0 radical (unpaired) electrons. The van der Waals surface area contributed by atoms with E-state index in [0.717, 1.165) is 37.2 Å². The molecule has 3 rings (SSSR count). The van der Waals surface area contributed by atoms with Crippen LogP contribution >= 0.6 is 0 Å². The lowest BCUT2D eigenvalue weighted by molar-refractivity contribution is 0.251. The molecule has 1 aromatic heterocycles. The molecular weight excluding hydrogens is 344 g/mol. The summed E-state index contributed by atoms with van der Waals surface area (Å²) in [5, 5.41) is 5.61. The van der Waals surface area contributed by atoms with E-state index in [1.165, 1.54) is 19.1 Å². The van der Waals surface area contributed by atoms with E-state index in [1.807, 2.05) is 32.0 Å². The fourth-order valence-electron chi connectivity index (χ4n) is 2.95. The third-order valence-corrected chi connectivity index (χ3v) is 4.64. The van der Waals surface area contributed by atoms with Crippen molar-refractivity contribution in [2.45, 2.75) is 39.7 Å². The molecule has 2 amide bonds. The standard InChI is InChI=1S/C19H26N6O2/c1-13-7-8-15(11-14(13)2)21-18(26)20-12-16-22-17(24-19(23-16)27-3)25-9-5-4-6-10-25/h7-8,11H,4-6,9-10,12H2,1-3H3,(H2,20,21,26). The summed E-state index contributed by atoms with van der Waals surface area (Å²) in [4.78, 5) is 27.4. The number of urea groups is 1. The van der Waals surface area contributed by atoms with E-state index in [1.54, 1.807) is 0 Å². The Bertz CT molecular complexity index is 805. The van der Waals surface area contributed by atoms with Gasteiger partial charge in [-0.2, -0.15) is 15.0 Å². The molecule has 1 saturated heterocycles. The molecule has 0 spiro atoms. The number of nitrogens with one attached hydrogen (secondary N) is 2. The van der Waals surface area contributed by atoms with Crippen molar-refractivity contribution in [3.63, 3.8) is 0 Å². The van der Waals surface area contributed by atoms with Gasteiger partial charge in [0.25, 0.3) is 0 Å². The largest absolute Gasteiger partial charge is 0.467 e. The average Bonchev–Trinajstić information content (AvgIpc) is 2.69. The highest BCUT2D eigenvalue weighted by atomic mass is 16.5. The molecular formula is C19H26N6O2. The fourth-order valence-corrected chi connectivity index (χ4v) is 2.95. The van der Waals surface area contributed by atoms with Crippen LogP contribution in [0.1, 0.15) is 36.2 Å². The van der Waals surface area contributed by atoms with E-state index in [2.05, 4.69) is 30.5 Å². The minimum atomic E-state index is -0.308. The second kappa shape index (κ2) is 8.66. The predicted octanol–water partition coefficient (Wildman–Crippen LogP) is 2.81. The van der Waals surface area contributed by atoms with Crippen LogP contribution in [0.25, 0.3) is 0 Å². The third kappa shape index (κ3) is 5.06.